The molecule has 2 amide bonds. The SMILES string of the molecule is O=C1Nc2c(cccc2C(F)(F)F)C(C2CCCO2)N1. The van der Waals surface area contributed by atoms with Gasteiger partial charge in [-0.2, -0.15) is 13.2 Å². The van der Waals surface area contributed by atoms with E-state index in [1.165, 1.54) is 6.07 Å². The highest BCUT2D eigenvalue weighted by molar-refractivity contribution is 5.94. The summed E-state index contributed by atoms with van der Waals surface area (Å²) in [6.07, 6.45) is -3.21. The van der Waals surface area contributed by atoms with Gasteiger partial charge >= 0.3 is 12.2 Å². The molecule has 1 aromatic carbocycles. The van der Waals surface area contributed by atoms with Crippen molar-refractivity contribution in [2.24, 2.45) is 0 Å². The van der Waals surface area contributed by atoms with Crippen molar-refractivity contribution in [3.05, 3.63) is 29.3 Å². The number of amides is 2. The van der Waals surface area contributed by atoms with Gasteiger partial charge in [0, 0.05) is 12.2 Å². The molecule has 2 unspecified atom stereocenters. The van der Waals surface area contributed by atoms with Crippen molar-refractivity contribution < 1.29 is 22.7 Å². The number of hydrogen-bond donors (Lipinski definition) is 2. The average molecular weight is 286 g/mol. The monoisotopic (exact) mass is 286 g/mol. The normalized spacial score (nSPS) is 25.9. The Kier molecular flexibility index (Phi) is 3.08. The molecule has 1 saturated heterocycles. The minimum absolute atomic E-state index is 0.163. The second-order valence-electron chi connectivity index (χ2n) is 4.90. The highest BCUT2D eigenvalue weighted by Crippen LogP contribution is 2.41. The molecule has 0 aliphatic carbocycles. The van der Waals surface area contributed by atoms with Crippen molar-refractivity contribution >= 4 is 11.7 Å². The Labute approximate surface area is 113 Å². The number of halogens is 3. The van der Waals surface area contributed by atoms with Crippen LogP contribution < -0.4 is 10.6 Å². The van der Waals surface area contributed by atoms with Crippen LogP contribution in [0.5, 0.6) is 0 Å². The zero-order chi connectivity index (χ0) is 14.3. The maximum absolute atomic E-state index is 13.0. The summed E-state index contributed by atoms with van der Waals surface area (Å²) in [5.41, 5.74) is -0.566. The van der Waals surface area contributed by atoms with E-state index in [9.17, 15) is 18.0 Å². The standard InChI is InChI=1S/C13H13F3N2O2/c14-13(15,16)8-4-1-3-7-10(8)17-12(19)18-11(7)9-5-2-6-20-9/h1,3-4,9,11H,2,5-6H2,(H2,17,18,19). The van der Waals surface area contributed by atoms with Gasteiger partial charge in [0.05, 0.1) is 23.4 Å². The lowest BCUT2D eigenvalue weighted by molar-refractivity contribution is -0.137. The predicted octanol–water partition coefficient (Wildman–Crippen LogP) is 3.06. The molecule has 108 valence electrons. The minimum atomic E-state index is -4.50. The van der Waals surface area contributed by atoms with Gasteiger partial charge in [-0.05, 0) is 18.9 Å². The third kappa shape index (κ3) is 2.22. The van der Waals surface area contributed by atoms with E-state index in [0.29, 0.717) is 12.2 Å². The molecule has 0 aromatic heterocycles. The summed E-state index contributed by atoms with van der Waals surface area (Å²) >= 11 is 0. The highest BCUT2D eigenvalue weighted by Gasteiger charge is 2.40. The molecule has 0 bridgehead atoms. The van der Waals surface area contributed by atoms with Gasteiger partial charge < -0.3 is 15.4 Å². The zero-order valence-corrected chi connectivity index (χ0v) is 10.5. The number of nitrogens with one attached hydrogen (secondary N) is 2. The second kappa shape index (κ2) is 4.66. The number of anilines is 1. The van der Waals surface area contributed by atoms with Crippen LogP contribution in [0.3, 0.4) is 0 Å². The molecule has 1 fully saturated rings. The van der Waals surface area contributed by atoms with Gasteiger partial charge in [-0.3, -0.25) is 0 Å². The van der Waals surface area contributed by atoms with Crippen LogP contribution in [0.4, 0.5) is 23.7 Å². The maximum atomic E-state index is 13.0. The third-order valence-corrected chi connectivity index (χ3v) is 3.60. The van der Waals surface area contributed by atoms with E-state index in [0.717, 1.165) is 18.9 Å². The number of hydrogen-bond acceptors (Lipinski definition) is 2. The number of para-hydroxylation sites is 1. The number of ether oxygens (including phenoxy) is 1. The molecule has 4 nitrogen and oxygen atoms in total. The largest absolute Gasteiger partial charge is 0.418 e. The van der Waals surface area contributed by atoms with Crippen LogP contribution in [0.1, 0.15) is 30.0 Å². The van der Waals surface area contributed by atoms with Crippen LogP contribution in [-0.2, 0) is 10.9 Å². The van der Waals surface area contributed by atoms with Crippen molar-refractivity contribution in [2.45, 2.75) is 31.2 Å². The van der Waals surface area contributed by atoms with Crippen LogP contribution in [-0.4, -0.2) is 18.7 Å². The lowest BCUT2D eigenvalue weighted by Crippen LogP contribution is -2.43. The first-order chi connectivity index (χ1) is 9.47. The Hall–Kier alpha value is -1.76. The van der Waals surface area contributed by atoms with Gasteiger partial charge in [0.25, 0.3) is 0 Å². The van der Waals surface area contributed by atoms with Crippen LogP contribution in [0.2, 0.25) is 0 Å². The quantitative estimate of drug-likeness (QED) is 0.833. The van der Waals surface area contributed by atoms with Gasteiger partial charge in [-0.25, -0.2) is 4.79 Å². The molecule has 0 saturated carbocycles. The Balaban J connectivity index is 2.06. The third-order valence-electron chi connectivity index (χ3n) is 3.60. The molecule has 3 rings (SSSR count). The number of fused-ring (bicyclic) bond motifs is 1. The smallest absolute Gasteiger partial charge is 0.376 e. The molecule has 2 N–H and O–H groups in total. The van der Waals surface area contributed by atoms with E-state index in [2.05, 4.69) is 10.6 Å². The molecular weight excluding hydrogens is 273 g/mol. The molecule has 7 heteroatoms. The topological polar surface area (TPSA) is 50.4 Å². The van der Waals surface area contributed by atoms with Gasteiger partial charge in [0.1, 0.15) is 0 Å². The zero-order valence-electron chi connectivity index (χ0n) is 10.5. The van der Waals surface area contributed by atoms with Gasteiger partial charge in [-0.1, -0.05) is 12.1 Å². The Morgan fingerprint density at radius 1 is 1.30 bits per heavy atom. The van der Waals surface area contributed by atoms with Gasteiger partial charge in [0.15, 0.2) is 0 Å². The average Bonchev–Trinajstić information content (AvgIpc) is 2.89. The number of benzene rings is 1. The number of carbonyl (C=O) groups excluding carboxylic acids is 1. The first-order valence-corrected chi connectivity index (χ1v) is 6.36. The first-order valence-electron chi connectivity index (χ1n) is 6.36. The molecule has 1 aromatic rings. The molecule has 2 aliphatic rings. The van der Waals surface area contributed by atoms with E-state index in [-0.39, 0.29) is 11.8 Å². The summed E-state index contributed by atoms with van der Waals surface area (Å²) in [6.45, 7) is 0.568. The molecule has 2 aliphatic heterocycles. The number of urea groups is 1. The maximum Gasteiger partial charge on any atom is 0.418 e. The van der Waals surface area contributed by atoms with E-state index < -0.39 is 23.8 Å². The van der Waals surface area contributed by atoms with Gasteiger partial charge in [0.2, 0.25) is 0 Å². The van der Waals surface area contributed by atoms with Crippen LogP contribution >= 0.6 is 0 Å². The first kappa shape index (κ1) is 13.2. The van der Waals surface area contributed by atoms with Crippen molar-refractivity contribution in [3.8, 4) is 0 Å². The lowest BCUT2D eigenvalue weighted by Gasteiger charge is -2.32. The van der Waals surface area contributed by atoms with Crippen LogP contribution in [0, 0.1) is 0 Å². The summed E-state index contributed by atoms with van der Waals surface area (Å²) in [7, 11) is 0. The summed E-state index contributed by atoms with van der Waals surface area (Å²) in [6, 6.07) is 2.74. The van der Waals surface area contributed by atoms with Crippen LogP contribution in [0.25, 0.3) is 0 Å². The molecule has 20 heavy (non-hydrogen) atoms. The molecule has 0 spiro atoms. The lowest BCUT2D eigenvalue weighted by atomic mass is 9.93. The number of rotatable bonds is 1. The summed E-state index contributed by atoms with van der Waals surface area (Å²) in [5.74, 6) is 0. The van der Waals surface area contributed by atoms with E-state index in [4.69, 9.17) is 4.74 Å². The predicted molar refractivity (Wildman–Crippen MR) is 65.3 cm³/mol. The van der Waals surface area contributed by atoms with E-state index >= 15 is 0 Å². The van der Waals surface area contributed by atoms with Crippen molar-refractivity contribution in [3.63, 3.8) is 0 Å². The molecule has 2 atom stereocenters. The molecule has 0 radical (unpaired) electrons. The van der Waals surface area contributed by atoms with Crippen molar-refractivity contribution in [2.75, 3.05) is 11.9 Å². The molecular formula is C13H13F3N2O2. The fraction of sp³-hybridized carbons (Fsp3) is 0.462. The summed E-state index contributed by atoms with van der Waals surface area (Å²) in [5, 5.41) is 4.91. The van der Waals surface area contributed by atoms with Crippen molar-refractivity contribution in [1.29, 1.82) is 0 Å². The fourth-order valence-electron chi connectivity index (χ4n) is 2.73. The van der Waals surface area contributed by atoms with Crippen molar-refractivity contribution in [1.82, 2.24) is 5.32 Å². The Bertz CT molecular complexity index is 539. The number of carbonyl (C=O) groups is 1. The minimum Gasteiger partial charge on any atom is -0.376 e. The van der Waals surface area contributed by atoms with E-state index in [1.807, 2.05) is 0 Å². The van der Waals surface area contributed by atoms with Gasteiger partial charge in [-0.15, -0.1) is 0 Å². The van der Waals surface area contributed by atoms with Crippen LogP contribution in [0.15, 0.2) is 18.2 Å². The second-order valence-corrected chi connectivity index (χ2v) is 4.90. The fourth-order valence-corrected chi connectivity index (χ4v) is 2.73. The summed E-state index contributed by atoms with van der Waals surface area (Å²) < 4.78 is 44.5. The van der Waals surface area contributed by atoms with E-state index in [1.54, 1.807) is 6.07 Å². The highest BCUT2D eigenvalue weighted by atomic mass is 19.4. The molecule has 2 heterocycles. The number of alkyl halides is 3. The summed E-state index contributed by atoms with van der Waals surface area (Å²) in [4.78, 5) is 11.6. The Morgan fingerprint density at radius 2 is 2.10 bits per heavy atom. The Morgan fingerprint density at radius 3 is 2.75 bits per heavy atom.